The number of carbonyl (C=O) groups is 4. The van der Waals surface area contributed by atoms with Crippen molar-refractivity contribution in [2.45, 2.75) is 0 Å². The first-order valence-corrected chi connectivity index (χ1v) is 6.93. The van der Waals surface area contributed by atoms with Crippen LogP contribution in [0.3, 0.4) is 0 Å². The van der Waals surface area contributed by atoms with E-state index in [0.29, 0.717) is 0 Å². The van der Waals surface area contributed by atoms with Gasteiger partial charge in [-0.1, -0.05) is 0 Å². The molecule has 0 fully saturated rings. The van der Waals surface area contributed by atoms with E-state index in [2.05, 4.69) is 30.0 Å². The Morgan fingerprint density at radius 1 is 0.783 bits per heavy atom. The molecule has 0 heterocycles. The van der Waals surface area contributed by atoms with Gasteiger partial charge in [0.25, 0.3) is 0 Å². The Hall–Kier alpha value is -1.38. The number of hydrogen-bond donors (Lipinski definition) is 8. The largest absolute Gasteiger partial charge is 0.481 e. The Morgan fingerprint density at radius 2 is 1.00 bits per heavy atom. The summed E-state index contributed by atoms with van der Waals surface area (Å²) in [4.78, 5) is 38.9. The molecule has 0 aliphatic carbocycles. The lowest BCUT2D eigenvalue weighted by molar-refractivity contribution is -0.157. The smallest absolute Gasteiger partial charge is 0.327 e. The lowest BCUT2D eigenvalue weighted by Crippen LogP contribution is -2.25. The molecule has 13 heteroatoms. The molecular formula is C10H22N2O9S2. The van der Waals surface area contributed by atoms with Gasteiger partial charge >= 0.3 is 23.9 Å². The first-order valence-electron chi connectivity index (χ1n) is 5.67. The van der Waals surface area contributed by atoms with Crippen LogP contribution in [0.2, 0.25) is 0 Å². The maximum atomic E-state index is 10.2. The maximum Gasteiger partial charge on any atom is 0.327 e. The van der Waals surface area contributed by atoms with Crippen molar-refractivity contribution in [1.29, 1.82) is 0 Å². The molecule has 0 aliphatic heterocycles. The van der Waals surface area contributed by atoms with Crippen LogP contribution in [0.15, 0.2) is 0 Å². The van der Waals surface area contributed by atoms with Crippen LogP contribution in [0, 0.1) is 0 Å². The fourth-order valence-corrected chi connectivity index (χ4v) is 0.210. The minimum Gasteiger partial charge on any atom is -0.481 e. The van der Waals surface area contributed by atoms with Crippen molar-refractivity contribution in [2.24, 2.45) is 11.5 Å². The van der Waals surface area contributed by atoms with Crippen LogP contribution in [0.4, 0.5) is 0 Å². The molecule has 11 nitrogen and oxygen atoms in total. The van der Waals surface area contributed by atoms with Crippen LogP contribution in [0.1, 0.15) is 0 Å². The summed E-state index contributed by atoms with van der Waals surface area (Å²) in [7, 11) is 0. The second-order valence-corrected chi connectivity index (χ2v) is 3.44. The van der Waals surface area contributed by atoms with Gasteiger partial charge in [0.15, 0.2) is 0 Å². The summed E-state index contributed by atoms with van der Waals surface area (Å²) >= 11 is 6.83. The molecule has 0 amide bonds. The zero-order chi connectivity index (χ0) is 19.3. The number of esters is 2. The molecule has 0 radical (unpaired) electrons. The van der Waals surface area contributed by atoms with Gasteiger partial charge in [0.1, 0.15) is 0 Å². The third-order valence-corrected chi connectivity index (χ3v) is 1.47. The van der Waals surface area contributed by atoms with Gasteiger partial charge in [0, 0.05) is 0 Å². The third kappa shape index (κ3) is 52.9. The molecule has 0 spiro atoms. The highest BCUT2D eigenvalue weighted by molar-refractivity contribution is 7.81. The minimum atomic E-state index is -0.881. The molecular weight excluding hydrogens is 356 g/mol. The summed E-state index contributed by atoms with van der Waals surface area (Å²) in [6, 6.07) is 0. The Labute approximate surface area is 143 Å². The Kier molecular flexibility index (Phi) is 32.9. The molecule has 0 aromatic carbocycles. The molecule has 138 valence electrons. The number of aliphatic hydroxyl groups is 2. The topological polar surface area (TPSA) is 210 Å². The zero-order valence-corrected chi connectivity index (χ0v) is 13.9. The van der Waals surface area contributed by atoms with Gasteiger partial charge in [-0.25, -0.2) is 0 Å². The number of hydrogen-bond acceptors (Lipinski definition) is 11. The van der Waals surface area contributed by atoms with Crippen LogP contribution in [-0.4, -0.2) is 82.1 Å². The van der Waals surface area contributed by atoms with Gasteiger partial charge in [-0.2, -0.15) is 25.3 Å². The molecule has 0 atom stereocenters. The number of ether oxygens (including phenoxy) is 1. The van der Waals surface area contributed by atoms with Crippen LogP contribution in [-0.2, 0) is 23.9 Å². The molecule has 23 heavy (non-hydrogen) atoms. The molecule has 0 aromatic rings. The van der Waals surface area contributed by atoms with Crippen molar-refractivity contribution >= 4 is 49.1 Å². The lowest BCUT2D eigenvalue weighted by atomic mass is 10.6. The van der Waals surface area contributed by atoms with Crippen molar-refractivity contribution in [3.63, 3.8) is 0 Å². The highest BCUT2D eigenvalue weighted by Gasteiger charge is 2.04. The average molecular weight is 378 g/mol. The fourth-order valence-electron chi connectivity index (χ4n) is 0.210. The number of aliphatic hydroxyl groups excluding tert-OH is 2. The average Bonchev–Trinajstić information content (AvgIpc) is 2.55. The van der Waals surface area contributed by atoms with E-state index in [0.717, 1.165) is 0 Å². The Morgan fingerprint density at radius 3 is 1.09 bits per heavy atom. The molecule has 0 rings (SSSR count). The fraction of sp³-hybridized carbons (Fsp3) is 0.600. The summed E-state index contributed by atoms with van der Waals surface area (Å²) in [6.45, 7) is -0.850. The number of nitrogens with two attached hydrogens (primary N) is 2. The summed E-state index contributed by atoms with van der Waals surface area (Å²) in [5.74, 6) is -3.45. The zero-order valence-electron chi connectivity index (χ0n) is 12.1. The lowest BCUT2D eigenvalue weighted by Gasteiger charge is -1.95. The van der Waals surface area contributed by atoms with E-state index in [1.54, 1.807) is 0 Å². The highest BCUT2D eigenvalue weighted by Crippen LogP contribution is 1.74. The monoisotopic (exact) mass is 378 g/mol. The maximum absolute atomic E-state index is 10.2. The number of carboxylic acids is 2. The number of thiol groups is 2. The van der Waals surface area contributed by atoms with Crippen LogP contribution >= 0.6 is 25.3 Å². The molecule has 0 saturated carbocycles. The van der Waals surface area contributed by atoms with Crippen LogP contribution < -0.4 is 11.5 Å². The minimum absolute atomic E-state index is 0.0833. The van der Waals surface area contributed by atoms with Crippen molar-refractivity contribution in [3.8, 4) is 0 Å². The first-order chi connectivity index (χ1) is 10.7. The van der Waals surface area contributed by atoms with Gasteiger partial charge in [-0.15, -0.1) is 0 Å². The van der Waals surface area contributed by atoms with Gasteiger partial charge in [-0.05, 0) is 0 Å². The predicted octanol–water partition coefficient (Wildman–Crippen LogP) is -3.05. The SMILES string of the molecule is NCC(=O)OC(=O)CN.O=C(O)CS.O=C(O)CS.OCCO. The van der Waals surface area contributed by atoms with E-state index in [-0.39, 0.29) is 37.8 Å². The second-order valence-electron chi connectivity index (χ2n) is 2.81. The van der Waals surface area contributed by atoms with Gasteiger partial charge in [0.05, 0.1) is 37.8 Å². The molecule has 0 aromatic heterocycles. The van der Waals surface area contributed by atoms with E-state index < -0.39 is 23.9 Å². The van der Waals surface area contributed by atoms with Crippen molar-refractivity contribution < 1.29 is 44.3 Å². The van der Waals surface area contributed by atoms with E-state index >= 15 is 0 Å². The molecule has 0 aliphatic rings. The molecule has 0 bridgehead atoms. The van der Waals surface area contributed by atoms with Crippen molar-refractivity contribution in [2.75, 3.05) is 37.8 Å². The number of rotatable bonds is 5. The third-order valence-electron chi connectivity index (χ3n) is 0.932. The van der Waals surface area contributed by atoms with Gasteiger partial charge in [0.2, 0.25) is 0 Å². The van der Waals surface area contributed by atoms with Crippen LogP contribution in [0.5, 0.6) is 0 Å². The van der Waals surface area contributed by atoms with Gasteiger partial charge in [-0.3, -0.25) is 19.2 Å². The summed E-state index contributed by atoms with van der Waals surface area (Å²) in [6.07, 6.45) is 0. The van der Waals surface area contributed by atoms with Crippen LogP contribution in [0.25, 0.3) is 0 Å². The molecule has 8 N–H and O–H groups in total. The summed E-state index contributed by atoms with van der Waals surface area (Å²) in [5.41, 5.74) is 9.61. The predicted molar refractivity (Wildman–Crippen MR) is 86.4 cm³/mol. The number of aliphatic carboxylic acids is 2. The quantitative estimate of drug-likeness (QED) is 0.137. The van der Waals surface area contributed by atoms with E-state index in [1.165, 1.54) is 0 Å². The van der Waals surface area contributed by atoms with E-state index in [9.17, 15) is 19.2 Å². The van der Waals surface area contributed by atoms with Crippen molar-refractivity contribution in [1.82, 2.24) is 0 Å². The first kappa shape index (κ1) is 29.6. The van der Waals surface area contributed by atoms with Crippen molar-refractivity contribution in [3.05, 3.63) is 0 Å². The number of carbonyl (C=O) groups excluding carboxylic acids is 2. The Bertz CT molecular complexity index is 299. The summed E-state index contributed by atoms with van der Waals surface area (Å²) < 4.78 is 4.02. The number of carboxylic acid groups (broad SMARTS) is 2. The standard InChI is InChI=1S/C4H8N2O3.2C2H4O2S.C2H6O2/c5-1-3(7)9-4(8)2-6;2*3-2(4)1-5;3-1-2-4/h1-2,5-6H2;2*5H,1H2,(H,3,4);3-4H,1-2H2. The highest BCUT2D eigenvalue weighted by atomic mass is 32.1. The van der Waals surface area contributed by atoms with E-state index in [4.69, 9.17) is 31.9 Å². The summed E-state index contributed by atoms with van der Waals surface area (Å²) in [5, 5.41) is 30.5. The molecule has 0 saturated heterocycles. The van der Waals surface area contributed by atoms with E-state index in [1.807, 2.05) is 0 Å². The normalized spacial score (nSPS) is 7.91. The Balaban J connectivity index is -0.000000112. The second kappa shape index (κ2) is 25.6. The molecule has 0 unspecified atom stereocenters. The van der Waals surface area contributed by atoms with Gasteiger partial charge < -0.3 is 36.6 Å².